The van der Waals surface area contributed by atoms with Gasteiger partial charge in [-0.2, -0.15) is 0 Å². The smallest absolute Gasteiger partial charge is 0.145 e. The average molecular weight is 163 g/mol. The summed E-state index contributed by atoms with van der Waals surface area (Å²) >= 11 is 0. The number of anilines is 1. The van der Waals surface area contributed by atoms with Gasteiger partial charge in [-0.3, -0.25) is 0 Å². The summed E-state index contributed by atoms with van der Waals surface area (Å²) in [4.78, 5) is 2.23. The van der Waals surface area contributed by atoms with E-state index in [1.165, 1.54) is 11.3 Å². The molecule has 0 unspecified atom stereocenters. The third kappa shape index (κ3) is 1.04. The van der Waals surface area contributed by atoms with Crippen LogP contribution in [0.3, 0.4) is 0 Å². The molecule has 1 aliphatic rings. The lowest BCUT2D eigenvalue weighted by atomic mass is 10.1. The third-order valence-corrected chi connectivity index (χ3v) is 2.28. The van der Waals surface area contributed by atoms with E-state index in [1.807, 2.05) is 0 Å². The topological polar surface area (TPSA) is 12.5 Å². The predicted octanol–water partition coefficient (Wildman–Crippen LogP) is 1.82. The molecule has 0 N–H and O–H groups in total. The van der Waals surface area contributed by atoms with Crippen LogP contribution in [0.15, 0.2) is 18.2 Å². The highest BCUT2D eigenvalue weighted by atomic mass is 16.5. The Morgan fingerprint density at radius 3 is 3.00 bits per heavy atom. The molecule has 0 saturated heterocycles. The van der Waals surface area contributed by atoms with Crippen molar-refractivity contribution in [1.29, 1.82) is 0 Å². The second-order valence-electron chi connectivity index (χ2n) is 3.19. The van der Waals surface area contributed by atoms with E-state index in [0.717, 1.165) is 18.9 Å². The summed E-state index contributed by atoms with van der Waals surface area (Å²) in [6, 6.07) is 6.25. The molecule has 64 valence electrons. The van der Waals surface area contributed by atoms with Crippen molar-refractivity contribution < 1.29 is 4.74 Å². The number of hydrogen-bond acceptors (Lipinski definition) is 2. The van der Waals surface area contributed by atoms with Gasteiger partial charge in [-0.25, -0.2) is 0 Å². The van der Waals surface area contributed by atoms with Gasteiger partial charge in [0.15, 0.2) is 0 Å². The molecule has 2 heteroatoms. The second-order valence-corrected chi connectivity index (χ2v) is 3.19. The number of ether oxygens (including phenoxy) is 1. The van der Waals surface area contributed by atoms with Crippen LogP contribution in [-0.4, -0.2) is 20.2 Å². The van der Waals surface area contributed by atoms with Gasteiger partial charge >= 0.3 is 0 Å². The van der Waals surface area contributed by atoms with E-state index in [-0.39, 0.29) is 0 Å². The van der Waals surface area contributed by atoms with Gasteiger partial charge in [0.2, 0.25) is 0 Å². The van der Waals surface area contributed by atoms with Gasteiger partial charge in [0.1, 0.15) is 12.4 Å². The summed E-state index contributed by atoms with van der Waals surface area (Å²) < 4.78 is 5.58. The zero-order chi connectivity index (χ0) is 8.55. The van der Waals surface area contributed by atoms with Crippen LogP contribution in [0.2, 0.25) is 0 Å². The van der Waals surface area contributed by atoms with Crippen molar-refractivity contribution in [2.75, 3.05) is 25.1 Å². The maximum Gasteiger partial charge on any atom is 0.145 e. The predicted molar refractivity (Wildman–Crippen MR) is 49.9 cm³/mol. The largest absolute Gasteiger partial charge is 0.489 e. The highest BCUT2D eigenvalue weighted by Crippen LogP contribution is 2.33. The summed E-state index contributed by atoms with van der Waals surface area (Å²) in [7, 11) is 2.10. The average Bonchev–Trinajstić information content (AvgIpc) is 2.07. The minimum Gasteiger partial charge on any atom is -0.489 e. The Morgan fingerprint density at radius 2 is 2.25 bits per heavy atom. The molecule has 0 aliphatic carbocycles. The van der Waals surface area contributed by atoms with Crippen LogP contribution >= 0.6 is 0 Å². The lowest BCUT2D eigenvalue weighted by molar-refractivity contribution is 0.309. The van der Waals surface area contributed by atoms with E-state index in [9.17, 15) is 0 Å². The van der Waals surface area contributed by atoms with Crippen molar-refractivity contribution in [1.82, 2.24) is 0 Å². The zero-order valence-corrected chi connectivity index (χ0v) is 7.50. The van der Waals surface area contributed by atoms with Crippen molar-refractivity contribution in [2.45, 2.75) is 6.92 Å². The number of para-hydroxylation sites is 1. The Labute approximate surface area is 72.8 Å². The Balaban J connectivity index is 2.52. The Morgan fingerprint density at radius 1 is 1.42 bits per heavy atom. The molecular formula is C10H13NO. The van der Waals surface area contributed by atoms with E-state index in [0.29, 0.717) is 0 Å². The molecule has 1 aliphatic heterocycles. The van der Waals surface area contributed by atoms with Crippen LogP contribution in [0.25, 0.3) is 0 Å². The van der Waals surface area contributed by atoms with Gasteiger partial charge in [0.05, 0.1) is 12.2 Å². The monoisotopic (exact) mass is 163 g/mol. The maximum atomic E-state index is 5.58. The van der Waals surface area contributed by atoms with Crippen LogP contribution in [0, 0.1) is 6.92 Å². The highest BCUT2D eigenvalue weighted by Gasteiger charge is 2.15. The fraction of sp³-hybridized carbons (Fsp3) is 0.400. The number of likely N-dealkylation sites (N-methyl/N-ethyl adjacent to an activating group) is 1. The molecule has 1 heterocycles. The third-order valence-electron chi connectivity index (χ3n) is 2.28. The first kappa shape index (κ1) is 7.47. The Kier molecular flexibility index (Phi) is 1.68. The number of aryl methyl sites for hydroxylation is 1. The molecule has 0 amide bonds. The Hall–Kier alpha value is -1.18. The summed E-state index contributed by atoms with van der Waals surface area (Å²) in [5.74, 6) is 1.05. The summed E-state index contributed by atoms with van der Waals surface area (Å²) in [5.41, 5.74) is 2.43. The molecule has 2 nitrogen and oxygen atoms in total. The van der Waals surface area contributed by atoms with Crippen LogP contribution in [0.5, 0.6) is 5.75 Å². The molecule has 0 spiro atoms. The minimum atomic E-state index is 0.800. The van der Waals surface area contributed by atoms with Crippen LogP contribution in [-0.2, 0) is 0 Å². The fourth-order valence-corrected chi connectivity index (χ4v) is 1.53. The van der Waals surface area contributed by atoms with Crippen molar-refractivity contribution in [3.05, 3.63) is 23.8 Å². The molecule has 0 saturated carbocycles. The summed E-state index contributed by atoms with van der Waals surface area (Å²) in [6.45, 7) is 3.86. The molecule has 0 bridgehead atoms. The van der Waals surface area contributed by atoms with E-state index < -0.39 is 0 Å². The Bertz CT molecular complexity index is 296. The van der Waals surface area contributed by atoms with Gasteiger partial charge in [0.25, 0.3) is 0 Å². The molecule has 1 aromatic carbocycles. The molecule has 2 rings (SSSR count). The highest BCUT2D eigenvalue weighted by molar-refractivity contribution is 5.62. The van der Waals surface area contributed by atoms with Gasteiger partial charge < -0.3 is 9.64 Å². The molecule has 0 aromatic heterocycles. The first-order valence-corrected chi connectivity index (χ1v) is 4.22. The van der Waals surface area contributed by atoms with Gasteiger partial charge in [-0.15, -0.1) is 0 Å². The first-order valence-electron chi connectivity index (χ1n) is 4.22. The summed E-state index contributed by atoms with van der Waals surface area (Å²) in [6.07, 6.45) is 0. The van der Waals surface area contributed by atoms with Crippen molar-refractivity contribution in [2.24, 2.45) is 0 Å². The van der Waals surface area contributed by atoms with E-state index in [2.05, 4.69) is 37.1 Å². The van der Waals surface area contributed by atoms with Crippen molar-refractivity contribution in [3.63, 3.8) is 0 Å². The molecule has 0 radical (unpaired) electrons. The molecular weight excluding hydrogens is 150 g/mol. The second kappa shape index (κ2) is 2.70. The standard InChI is InChI=1S/C10H13NO/c1-8-4-3-5-9-10(8)12-7-6-11(9)2/h3-5H,6-7H2,1-2H3. The lowest BCUT2D eigenvalue weighted by Crippen LogP contribution is -2.29. The number of fused-ring (bicyclic) bond motifs is 1. The van der Waals surface area contributed by atoms with E-state index in [1.54, 1.807) is 0 Å². The maximum absolute atomic E-state index is 5.58. The quantitative estimate of drug-likeness (QED) is 0.578. The van der Waals surface area contributed by atoms with E-state index >= 15 is 0 Å². The van der Waals surface area contributed by atoms with Gasteiger partial charge in [0, 0.05) is 7.05 Å². The van der Waals surface area contributed by atoms with Crippen LogP contribution < -0.4 is 9.64 Å². The van der Waals surface area contributed by atoms with Crippen molar-refractivity contribution in [3.8, 4) is 5.75 Å². The number of rotatable bonds is 0. The van der Waals surface area contributed by atoms with E-state index in [4.69, 9.17) is 4.74 Å². The zero-order valence-electron chi connectivity index (χ0n) is 7.50. The first-order chi connectivity index (χ1) is 5.79. The number of nitrogens with zero attached hydrogens (tertiary/aromatic N) is 1. The van der Waals surface area contributed by atoms with Crippen LogP contribution in [0.4, 0.5) is 5.69 Å². The van der Waals surface area contributed by atoms with Gasteiger partial charge in [-0.1, -0.05) is 12.1 Å². The van der Waals surface area contributed by atoms with Gasteiger partial charge in [-0.05, 0) is 18.6 Å². The normalized spacial score (nSPS) is 15.3. The van der Waals surface area contributed by atoms with Crippen LogP contribution in [0.1, 0.15) is 5.56 Å². The molecule has 0 atom stereocenters. The fourth-order valence-electron chi connectivity index (χ4n) is 1.53. The van der Waals surface area contributed by atoms with Crippen molar-refractivity contribution >= 4 is 5.69 Å². The molecule has 12 heavy (non-hydrogen) atoms. The number of benzene rings is 1. The number of hydrogen-bond donors (Lipinski definition) is 0. The molecule has 0 fully saturated rings. The lowest BCUT2D eigenvalue weighted by Gasteiger charge is -2.28. The summed E-state index contributed by atoms with van der Waals surface area (Å²) in [5, 5.41) is 0. The minimum absolute atomic E-state index is 0.800. The molecule has 1 aromatic rings. The SMILES string of the molecule is Cc1cccc2c1OCCN2C.